The number of rotatable bonds is 8. The van der Waals surface area contributed by atoms with Gasteiger partial charge in [0.2, 0.25) is 5.91 Å². The molecule has 2 saturated carbocycles. The first kappa shape index (κ1) is 47.8. The van der Waals surface area contributed by atoms with Crippen molar-refractivity contribution in [3.05, 3.63) is 71.5 Å². The summed E-state index contributed by atoms with van der Waals surface area (Å²) in [5.74, 6) is -1.22. The van der Waals surface area contributed by atoms with Gasteiger partial charge in [0.15, 0.2) is 0 Å². The molecule has 17 heteroatoms. The van der Waals surface area contributed by atoms with Gasteiger partial charge < -0.3 is 34.3 Å². The van der Waals surface area contributed by atoms with Gasteiger partial charge in [-0.2, -0.15) is 0 Å². The Kier molecular flexibility index (Phi) is 12.6. The fourth-order valence-corrected chi connectivity index (χ4v) is 13.3. The highest BCUT2D eigenvalue weighted by Gasteiger charge is 2.83. The Bertz CT molecular complexity index is 2910. The van der Waals surface area contributed by atoms with Crippen molar-refractivity contribution >= 4 is 50.2 Å². The van der Waals surface area contributed by atoms with Gasteiger partial charge in [0.05, 0.1) is 36.6 Å². The maximum Gasteiger partial charge on any atom is 0.320 e. The van der Waals surface area contributed by atoms with Crippen molar-refractivity contribution in [2.45, 2.75) is 110 Å². The third-order valence-electron chi connectivity index (χ3n) is 15.9. The van der Waals surface area contributed by atoms with Crippen molar-refractivity contribution < 1.29 is 42.7 Å². The zero-order valence-corrected chi connectivity index (χ0v) is 42.1. The molecular weight excluding hydrogens is 909 g/mol. The molecule has 8 bridgehead atoms. The fourth-order valence-electron chi connectivity index (χ4n) is 12.1. The number of aromatic hydroxyl groups is 1. The summed E-state index contributed by atoms with van der Waals surface area (Å²) in [5.41, 5.74) is 7.69. The van der Waals surface area contributed by atoms with Crippen LogP contribution < -0.4 is 5.32 Å². The van der Waals surface area contributed by atoms with Gasteiger partial charge in [0.1, 0.15) is 23.8 Å². The number of methoxy groups -OCH3 is 1. The first-order valence-corrected chi connectivity index (χ1v) is 27.1. The number of phenols is 1. The Balaban J connectivity index is 1.07. The highest BCUT2D eigenvalue weighted by Crippen LogP contribution is 2.52. The number of urea groups is 1. The van der Waals surface area contributed by atoms with Crippen LogP contribution in [0.15, 0.2) is 54.7 Å². The van der Waals surface area contributed by atoms with Crippen LogP contribution in [0.3, 0.4) is 0 Å². The van der Waals surface area contributed by atoms with Crippen LogP contribution in [0.25, 0.3) is 33.3 Å². The van der Waals surface area contributed by atoms with E-state index in [1.807, 2.05) is 29.8 Å². The molecule has 4 aromatic rings. The second-order valence-electron chi connectivity index (χ2n) is 21.3. The third kappa shape index (κ3) is 8.85. The lowest BCUT2D eigenvalue weighted by molar-refractivity contribution is -0.642. The number of hydrazone groups is 1. The molecule has 8 heterocycles. The van der Waals surface area contributed by atoms with Crippen LogP contribution in [0.1, 0.15) is 89.1 Å². The Labute approximate surface area is 410 Å². The quantitative estimate of drug-likeness (QED) is 0.130. The predicted octanol–water partition coefficient (Wildman–Crippen LogP) is 6.55. The number of benzene rings is 2. The SMILES string of the molecule is CCn1c(-c2cccnc2[C@H](C)OC)c2c3cc(ccc31)-c1cc(O)cc(c1)C[C@H](NC(=O)[C@H](C1CCCC1)N(C)C(=O)N1CCS(=N)(=O)CC1)C(=O)N1CCC[C@@H](C(=O)OCC(C)(C)C2)C2C3=[N+]1C32. The summed E-state index contributed by atoms with van der Waals surface area (Å²) in [6.45, 7) is 9.97. The molecule has 372 valence electrons. The van der Waals surface area contributed by atoms with E-state index in [0.29, 0.717) is 37.9 Å². The van der Waals surface area contributed by atoms with E-state index in [9.17, 15) is 23.7 Å². The van der Waals surface area contributed by atoms with Gasteiger partial charge in [-0.25, -0.2) is 9.00 Å². The van der Waals surface area contributed by atoms with Crippen LogP contribution in [-0.4, -0.2) is 138 Å². The molecule has 3 N–H and O–H groups in total. The van der Waals surface area contributed by atoms with Crippen LogP contribution >= 0.6 is 0 Å². The summed E-state index contributed by atoms with van der Waals surface area (Å²) in [7, 11) is 0.563. The van der Waals surface area contributed by atoms with Gasteiger partial charge in [-0.1, -0.05) is 43.5 Å². The van der Waals surface area contributed by atoms with E-state index in [4.69, 9.17) is 19.2 Å². The Morgan fingerprint density at radius 2 is 1.80 bits per heavy atom. The van der Waals surface area contributed by atoms with E-state index in [-0.39, 0.29) is 91.2 Å². The largest absolute Gasteiger partial charge is 0.508 e. The normalized spacial score (nSPS) is 25.0. The van der Waals surface area contributed by atoms with Crippen molar-refractivity contribution in [3.8, 4) is 28.1 Å². The molecule has 2 unspecified atom stereocenters. The van der Waals surface area contributed by atoms with Crippen LogP contribution in [0, 0.1) is 27.9 Å². The standard InChI is InChI=1S/C53H66N8O8S/c1-7-59-42-17-16-34-28-39(42)40(46(59)38-14-10-18-55-44(38)31(2)68-6)29-53(3,4)30-69-51(65)37-15-11-19-60(61-47-43(37)48(47)61)50(64)41(26-32-24-35(34)27-36(62)25-32)56-49(63)45(33-12-8-9-13-33)57(5)52(66)58-20-22-70(54,67)23-21-58/h10,14,16-18,24-25,27-28,31,33,37,41,43,45,47,54H,7-9,11-13,15,19-23,26,29-30H2,1-6H3,(H-,56,62,63)/p+1/t31-,37+,41-,43?,45-,47?/m0/s1. The summed E-state index contributed by atoms with van der Waals surface area (Å²) in [4.78, 5) is 66.2. The Hall–Kier alpha value is -5.81. The number of aryl methyl sites for hydroxylation is 1. The molecule has 1 saturated heterocycles. The number of hydrogen-bond acceptors (Lipinski definition) is 10. The number of nitrogens with zero attached hydrogens (tertiary/aromatic N) is 6. The molecule has 70 heavy (non-hydrogen) atoms. The van der Waals surface area contributed by atoms with Crippen molar-refractivity contribution in [1.29, 1.82) is 4.78 Å². The predicted molar refractivity (Wildman–Crippen MR) is 266 cm³/mol. The molecule has 2 aliphatic carbocycles. The monoisotopic (exact) mass is 975 g/mol. The number of ether oxygens (including phenoxy) is 2. The van der Waals surface area contributed by atoms with Crippen molar-refractivity contribution in [3.63, 3.8) is 0 Å². The highest BCUT2D eigenvalue weighted by atomic mass is 32.2. The smallest absolute Gasteiger partial charge is 0.320 e. The number of nitrogens with one attached hydrogen (secondary N) is 2. The topological polar surface area (TPSA) is 190 Å². The molecule has 2 aromatic carbocycles. The first-order chi connectivity index (χ1) is 33.5. The minimum absolute atomic E-state index is 0.0116. The minimum Gasteiger partial charge on any atom is -0.508 e. The average Bonchev–Trinajstić information content (AvgIpc) is 4.11. The van der Waals surface area contributed by atoms with E-state index < -0.39 is 33.1 Å². The lowest BCUT2D eigenvalue weighted by Crippen LogP contribution is -2.60. The van der Waals surface area contributed by atoms with Gasteiger partial charge >= 0.3 is 12.0 Å². The summed E-state index contributed by atoms with van der Waals surface area (Å²) in [6, 6.07) is 13.3. The number of pyridine rings is 1. The molecule has 6 aliphatic heterocycles. The summed E-state index contributed by atoms with van der Waals surface area (Å²) in [5, 5.41) is 17.4. The van der Waals surface area contributed by atoms with E-state index in [1.165, 1.54) is 4.90 Å². The second kappa shape index (κ2) is 18.4. The zero-order chi connectivity index (χ0) is 49.4. The zero-order valence-electron chi connectivity index (χ0n) is 41.2. The van der Waals surface area contributed by atoms with E-state index >= 15 is 4.79 Å². The lowest BCUT2D eigenvalue weighted by Gasteiger charge is -2.37. The van der Waals surface area contributed by atoms with Gasteiger partial charge in [-0.15, -0.1) is 5.01 Å². The molecule has 8 aliphatic rings. The summed E-state index contributed by atoms with van der Waals surface area (Å²) < 4.78 is 37.0. The number of carbonyl (C=O) groups excluding carboxylic acids is 4. The van der Waals surface area contributed by atoms with E-state index in [2.05, 4.69) is 48.9 Å². The van der Waals surface area contributed by atoms with Gasteiger partial charge in [0.25, 0.3) is 17.7 Å². The van der Waals surface area contributed by atoms with E-state index in [0.717, 1.165) is 75.9 Å². The third-order valence-corrected chi connectivity index (χ3v) is 17.6. The van der Waals surface area contributed by atoms with Gasteiger partial charge in [0, 0.05) is 89.5 Å². The molecule has 2 aromatic heterocycles. The van der Waals surface area contributed by atoms with Crippen LogP contribution in [0.2, 0.25) is 0 Å². The number of esters is 1. The van der Waals surface area contributed by atoms with E-state index in [1.54, 1.807) is 42.4 Å². The highest BCUT2D eigenvalue weighted by molar-refractivity contribution is 7.92. The molecule has 0 spiro atoms. The number of phenolic OH excluding ortho intramolecular Hbond substituents is 1. The van der Waals surface area contributed by atoms with Crippen LogP contribution in [-0.2, 0) is 53.0 Å². The van der Waals surface area contributed by atoms with Crippen molar-refractivity contribution in [2.24, 2.45) is 23.2 Å². The number of hydrogen-bond donors (Lipinski definition) is 3. The first-order valence-electron chi connectivity index (χ1n) is 25.2. The summed E-state index contributed by atoms with van der Waals surface area (Å²) in [6.07, 6.45) is 6.58. The number of carbonyl (C=O) groups is 4. The molecule has 0 radical (unpaired) electrons. The molecule has 16 nitrogen and oxygen atoms in total. The molecule has 12 rings (SSSR count). The fraction of sp³-hybridized carbons (Fsp3) is 0.547. The Morgan fingerprint density at radius 1 is 1.06 bits per heavy atom. The maximum atomic E-state index is 15.1. The minimum atomic E-state index is -2.75. The Morgan fingerprint density at radius 3 is 2.51 bits per heavy atom. The second-order valence-corrected chi connectivity index (χ2v) is 23.7. The number of fused-ring (bicyclic) bond motifs is 2. The average molecular weight is 976 g/mol. The molecule has 6 atom stereocenters. The summed E-state index contributed by atoms with van der Waals surface area (Å²) >= 11 is 0. The van der Waals surface area contributed by atoms with Crippen LogP contribution in [0.5, 0.6) is 5.75 Å². The number of hydrazine groups is 1. The number of aromatic nitrogens is 2. The van der Waals surface area contributed by atoms with Crippen LogP contribution in [0.4, 0.5) is 4.79 Å². The molecule has 3 fully saturated rings. The molecule has 4 amide bonds. The lowest BCUT2D eigenvalue weighted by atomic mass is 9.84. The maximum absolute atomic E-state index is 15.1. The number of amides is 4. The van der Waals surface area contributed by atoms with Gasteiger partial charge in [-0.3, -0.25) is 24.1 Å². The molecular formula is C53H67N8O8S+. The number of likely N-dealkylation sites (N-methyl/N-ethyl adjacent to an activating group) is 1. The van der Waals surface area contributed by atoms with Crippen molar-refractivity contribution in [1.82, 2.24) is 29.7 Å². The van der Waals surface area contributed by atoms with Crippen molar-refractivity contribution in [2.75, 3.05) is 51.9 Å². The van der Waals surface area contributed by atoms with Gasteiger partial charge in [-0.05, 0) is 111 Å².